The molecule has 1 aromatic heterocycles. The Morgan fingerprint density at radius 2 is 2.00 bits per heavy atom. The highest BCUT2D eigenvalue weighted by atomic mass is 32.2. The number of aromatic nitrogens is 2. The summed E-state index contributed by atoms with van der Waals surface area (Å²) in [5.74, 6) is -1.07. The molecule has 0 fully saturated rings. The quantitative estimate of drug-likeness (QED) is 0.426. The molecule has 0 saturated heterocycles. The number of benzene rings is 1. The van der Waals surface area contributed by atoms with Gasteiger partial charge in [-0.25, -0.2) is 9.97 Å². The van der Waals surface area contributed by atoms with E-state index in [2.05, 4.69) is 20.0 Å². The number of carbonyl (C=O) groups excluding carboxylic acids is 1. The lowest BCUT2D eigenvalue weighted by molar-refractivity contribution is -0.141. The van der Waals surface area contributed by atoms with Gasteiger partial charge in [0.25, 0.3) is 0 Å². The highest BCUT2D eigenvalue weighted by Crippen LogP contribution is 2.32. The Bertz CT molecular complexity index is 805. The topological polar surface area (TPSA) is 73.3 Å². The molecule has 1 N–H and O–H groups in total. The van der Waals surface area contributed by atoms with Crippen molar-refractivity contribution in [3.8, 4) is 11.5 Å². The number of hydrogen-bond donors (Lipinski definition) is 1. The van der Waals surface area contributed by atoms with Gasteiger partial charge < -0.3 is 14.8 Å². The van der Waals surface area contributed by atoms with Crippen LogP contribution in [0.5, 0.6) is 11.5 Å². The fraction of sp³-hybridized carbons (Fsp3) is 0.267. The molecule has 0 spiro atoms. The van der Waals surface area contributed by atoms with Crippen molar-refractivity contribution in [2.75, 3.05) is 18.2 Å². The zero-order valence-electron chi connectivity index (χ0n) is 13.6. The number of ether oxygens (including phenoxy) is 2. The maximum Gasteiger partial charge on any atom is 0.433 e. The van der Waals surface area contributed by atoms with Crippen molar-refractivity contribution in [1.82, 2.24) is 9.97 Å². The normalized spacial score (nSPS) is 11.4. The minimum atomic E-state index is -4.61. The Labute approximate surface area is 154 Å². The van der Waals surface area contributed by atoms with E-state index in [9.17, 15) is 26.7 Å². The molecule has 0 radical (unpaired) electrons. The number of thioether (sulfide) groups is 1. The Hall–Kier alpha value is -2.63. The molecular formula is C15H12F5N3O3S. The van der Waals surface area contributed by atoms with Gasteiger partial charge in [0, 0.05) is 18.0 Å². The maximum absolute atomic E-state index is 12.6. The first-order valence-electron chi connectivity index (χ1n) is 7.15. The number of hydrogen-bond acceptors (Lipinski definition) is 6. The van der Waals surface area contributed by atoms with Crippen LogP contribution in [0.15, 0.2) is 35.6 Å². The molecule has 1 amide bonds. The first-order chi connectivity index (χ1) is 12.7. The second-order valence-corrected chi connectivity index (χ2v) is 5.75. The first-order valence-corrected chi connectivity index (χ1v) is 8.13. The minimum Gasteiger partial charge on any atom is -0.493 e. The molecule has 0 aliphatic rings. The molecule has 12 heteroatoms. The molecule has 1 aromatic carbocycles. The highest BCUT2D eigenvalue weighted by molar-refractivity contribution is 7.99. The van der Waals surface area contributed by atoms with E-state index < -0.39 is 24.4 Å². The van der Waals surface area contributed by atoms with Crippen LogP contribution in [-0.4, -0.2) is 35.3 Å². The third-order valence-corrected chi connectivity index (χ3v) is 3.78. The average molecular weight is 409 g/mol. The number of rotatable bonds is 7. The number of methoxy groups -OCH3 is 1. The number of nitrogens with zero attached hydrogens (tertiary/aromatic N) is 2. The molecule has 6 nitrogen and oxygen atoms in total. The predicted octanol–water partition coefficient (Wildman–Crippen LogP) is 3.84. The van der Waals surface area contributed by atoms with Gasteiger partial charge in [0.2, 0.25) is 5.91 Å². The largest absolute Gasteiger partial charge is 0.493 e. The molecule has 0 saturated carbocycles. The summed E-state index contributed by atoms with van der Waals surface area (Å²) in [6.45, 7) is -3.04. The summed E-state index contributed by atoms with van der Waals surface area (Å²) >= 11 is 0.710. The lowest BCUT2D eigenvalue weighted by Gasteiger charge is -2.12. The fourth-order valence-electron chi connectivity index (χ4n) is 1.83. The Morgan fingerprint density at radius 1 is 1.26 bits per heavy atom. The maximum atomic E-state index is 12.6. The molecule has 0 unspecified atom stereocenters. The summed E-state index contributed by atoms with van der Waals surface area (Å²) in [6, 6.07) is 4.48. The highest BCUT2D eigenvalue weighted by Gasteiger charge is 2.32. The number of nitrogens with one attached hydrogen (secondary N) is 1. The summed E-state index contributed by atoms with van der Waals surface area (Å²) in [5.41, 5.74) is -0.885. The van der Waals surface area contributed by atoms with Crippen LogP contribution in [0.2, 0.25) is 0 Å². The van der Waals surface area contributed by atoms with Crippen molar-refractivity contribution in [3.63, 3.8) is 0 Å². The summed E-state index contributed by atoms with van der Waals surface area (Å²) in [5, 5.41) is 2.24. The minimum absolute atomic E-state index is 0.0260. The molecule has 0 aliphatic heterocycles. The van der Waals surface area contributed by atoms with Gasteiger partial charge in [-0.15, -0.1) is 0 Å². The predicted molar refractivity (Wildman–Crippen MR) is 86.0 cm³/mol. The van der Waals surface area contributed by atoms with E-state index in [1.807, 2.05) is 0 Å². The van der Waals surface area contributed by atoms with Gasteiger partial charge >= 0.3 is 12.8 Å². The third-order valence-electron chi connectivity index (χ3n) is 2.92. The molecule has 27 heavy (non-hydrogen) atoms. The van der Waals surface area contributed by atoms with Crippen molar-refractivity contribution in [2.24, 2.45) is 0 Å². The summed E-state index contributed by atoms with van der Waals surface area (Å²) in [6.07, 6.45) is -3.66. The zero-order valence-corrected chi connectivity index (χ0v) is 14.4. The van der Waals surface area contributed by atoms with Crippen LogP contribution >= 0.6 is 11.8 Å². The first kappa shape index (κ1) is 20.7. The van der Waals surface area contributed by atoms with Gasteiger partial charge in [-0.1, -0.05) is 11.8 Å². The van der Waals surface area contributed by atoms with Crippen LogP contribution in [0.3, 0.4) is 0 Å². The van der Waals surface area contributed by atoms with E-state index in [1.54, 1.807) is 0 Å². The van der Waals surface area contributed by atoms with Crippen LogP contribution in [0, 0.1) is 0 Å². The number of alkyl halides is 5. The molecule has 1 heterocycles. The zero-order chi connectivity index (χ0) is 20.0. The van der Waals surface area contributed by atoms with Gasteiger partial charge in [0.1, 0.15) is 5.69 Å². The van der Waals surface area contributed by atoms with Gasteiger partial charge in [-0.3, -0.25) is 4.79 Å². The molecule has 2 rings (SSSR count). The van der Waals surface area contributed by atoms with Gasteiger partial charge in [0.15, 0.2) is 16.7 Å². The van der Waals surface area contributed by atoms with E-state index in [0.717, 1.165) is 12.3 Å². The SMILES string of the molecule is COc1cc(NC(=O)CSc2nccc(C(F)(F)F)n2)ccc1OC(F)F. The molecule has 0 atom stereocenters. The second kappa shape index (κ2) is 8.84. The van der Waals surface area contributed by atoms with Gasteiger partial charge in [-0.2, -0.15) is 22.0 Å². The number of halogens is 5. The van der Waals surface area contributed by atoms with E-state index in [4.69, 9.17) is 4.74 Å². The van der Waals surface area contributed by atoms with Gasteiger partial charge in [-0.05, 0) is 18.2 Å². The summed E-state index contributed by atoms with van der Waals surface area (Å²) in [7, 11) is 1.24. The number of amides is 1. The van der Waals surface area contributed by atoms with Crippen molar-refractivity contribution in [3.05, 3.63) is 36.2 Å². The third kappa shape index (κ3) is 6.24. The Balaban J connectivity index is 1.98. The van der Waals surface area contributed by atoms with Crippen molar-refractivity contribution < 1.29 is 36.2 Å². The van der Waals surface area contributed by atoms with E-state index in [0.29, 0.717) is 11.8 Å². The molecule has 146 valence electrons. The number of anilines is 1. The van der Waals surface area contributed by atoms with Crippen molar-refractivity contribution in [1.29, 1.82) is 0 Å². The van der Waals surface area contributed by atoms with E-state index >= 15 is 0 Å². The Kier molecular flexibility index (Phi) is 6.77. The summed E-state index contributed by atoms with van der Waals surface area (Å²) in [4.78, 5) is 18.9. The molecule has 0 bridgehead atoms. The fourth-order valence-corrected chi connectivity index (χ4v) is 2.46. The van der Waals surface area contributed by atoms with Crippen LogP contribution in [0.4, 0.5) is 27.6 Å². The lowest BCUT2D eigenvalue weighted by atomic mass is 10.2. The van der Waals surface area contributed by atoms with Crippen molar-refractivity contribution in [2.45, 2.75) is 17.9 Å². The molecule has 0 aliphatic carbocycles. The van der Waals surface area contributed by atoms with Crippen LogP contribution in [0.25, 0.3) is 0 Å². The second-order valence-electron chi connectivity index (χ2n) is 4.80. The van der Waals surface area contributed by atoms with E-state index in [-0.39, 0.29) is 28.1 Å². The van der Waals surface area contributed by atoms with Crippen molar-refractivity contribution >= 4 is 23.4 Å². The van der Waals surface area contributed by atoms with Crippen LogP contribution < -0.4 is 14.8 Å². The molecular weight excluding hydrogens is 397 g/mol. The van der Waals surface area contributed by atoms with Gasteiger partial charge in [0.05, 0.1) is 12.9 Å². The lowest BCUT2D eigenvalue weighted by Crippen LogP contribution is -2.15. The monoisotopic (exact) mass is 409 g/mol. The van der Waals surface area contributed by atoms with Crippen LogP contribution in [-0.2, 0) is 11.0 Å². The van der Waals surface area contributed by atoms with Crippen LogP contribution in [0.1, 0.15) is 5.69 Å². The summed E-state index contributed by atoms with van der Waals surface area (Å²) < 4.78 is 71.5. The smallest absolute Gasteiger partial charge is 0.433 e. The van der Waals surface area contributed by atoms with E-state index in [1.165, 1.54) is 25.3 Å². The average Bonchev–Trinajstić information content (AvgIpc) is 2.60. The Morgan fingerprint density at radius 3 is 2.63 bits per heavy atom. The standard InChI is InChI=1S/C15H12F5N3O3S/c1-25-10-6-8(2-3-9(10)26-13(16)17)22-12(24)7-27-14-21-5-4-11(23-14)15(18,19)20/h2-6,13H,7H2,1H3,(H,22,24). The number of carbonyl (C=O) groups is 1. The molecule has 2 aromatic rings.